The van der Waals surface area contributed by atoms with E-state index in [-0.39, 0.29) is 30.1 Å². The van der Waals surface area contributed by atoms with Gasteiger partial charge < -0.3 is 4.90 Å². The molecule has 1 fully saturated rings. The van der Waals surface area contributed by atoms with Crippen LogP contribution in [0.1, 0.15) is 52.3 Å². The van der Waals surface area contributed by atoms with Gasteiger partial charge in [0.05, 0.1) is 6.04 Å². The zero-order chi connectivity index (χ0) is 15.6. The smallest absolute Gasteiger partial charge is 0.241 e. The second-order valence-electron chi connectivity index (χ2n) is 6.23. The zero-order valence-electron chi connectivity index (χ0n) is 13.3. The molecule has 1 aromatic carbocycles. The maximum atomic E-state index is 12.8. The van der Waals surface area contributed by atoms with E-state index < -0.39 is 0 Å². The molecule has 1 N–H and O–H groups in total. The lowest BCUT2D eigenvalue weighted by Crippen LogP contribution is -2.39. The van der Waals surface area contributed by atoms with Crippen LogP contribution in [-0.2, 0) is 4.79 Å². The van der Waals surface area contributed by atoms with Crippen molar-refractivity contribution in [3.63, 3.8) is 0 Å². The molecule has 3 unspecified atom stereocenters. The summed E-state index contributed by atoms with van der Waals surface area (Å²) >= 11 is 5.97. The first kappa shape index (κ1) is 16.3. The number of carbonyl (C=O) groups is 1. The summed E-state index contributed by atoms with van der Waals surface area (Å²) in [6.45, 7) is 8.46. The Labute approximate surface area is 132 Å². The predicted molar refractivity (Wildman–Crippen MR) is 87.2 cm³/mol. The third-order valence-electron chi connectivity index (χ3n) is 4.17. The van der Waals surface area contributed by atoms with Crippen molar-refractivity contribution < 1.29 is 4.79 Å². The molecule has 1 aromatic rings. The molecule has 0 saturated carbocycles. The number of nitrogens with zero attached hydrogens (tertiary/aromatic N) is 1. The van der Waals surface area contributed by atoms with Crippen LogP contribution < -0.4 is 5.32 Å². The van der Waals surface area contributed by atoms with Crippen LogP contribution in [0.15, 0.2) is 24.3 Å². The topological polar surface area (TPSA) is 32.3 Å². The van der Waals surface area contributed by atoms with E-state index in [1.807, 2.05) is 29.2 Å². The van der Waals surface area contributed by atoms with E-state index in [1.165, 1.54) is 0 Å². The highest BCUT2D eigenvalue weighted by atomic mass is 35.5. The first-order valence-electron chi connectivity index (χ1n) is 7.79. The monoisotopic (exact) mass is 308 g/mol. The number of hydrogen-bond donors (Lipinski definition) is 1. The van der Waals surface area contributed by atoms with Gasteiger partial charge in [-0.3, -0.25) is 10.1 Å². The van der Waals surface area contributed by atoms with Crippen LogP contribution >= 0.6 is 11.6 Å². The Kier molecular flexibility index (Phi) is 5.28. The summed E-state index contributed by atoms with van der Waals surface area (Å²) in [7, 11) is 0. The normalized spacial score (nSPS) is 23.9. The maximum absolute atomic E-state index is 12.8. The predicted octanol–water partition coefficient (Wildman–Crippen LogP) is 3.98. The first-order chi connectivity index (χ1) is 9.95. The highest BCUT2D eigenvalue weighted by Gasteiger charge is 2.42. The molecular weight excluding hydrogens is 284 g/mol. The van der Waals surface area contributed by atoms with Crippen LogP contribution in [0.5, 0.6) is 0 Å². The number of rotatable bonds is 5. The summed E-state index contributed by atoms with van der Waals surface area (Å²) in [6.07, 6.45) is 2.04. The molecular formula is C17H25ClN2O. The zero-order valence-corrected chi connectivity index (χ0v) is 14.0. The fourth-order valence-corrected chi connectivity index (χ4v) is 3.14. The van der Waals surface area contributed by atoms with Gasteiger partial charge in [0.25, 0.3) is 0 Å². The van der Waals surface area contributed by atoms with Crippen LogP contribution in [0.25, 0.3) is 0 Å². The minimum Gasteiger partial charge on any atom is -0.319 e. The van der Waals surface area contributed by atoms with Crippen molar-refractivity contribution in [3.05, 3.63) is 34.9 Å². The van der Waals surface area contributed by atoms with E-state index in [1.54, 1.807) is 0 Å². The Morgan fingerprint density at radius 2 is 1.86 bits per heavy atom. The third kappa shape index (κ3) is 3.41. The fourth-order valence-electron chi connectivity index (χ4n) is 3.02. The second-order valence-corrected chi connectivity index (χ2v) is 6.66. The SMILES string of the molecule is CCCC(C)N1C(=O)C(C(C)C)NC1c1ccc(Cl)cc1. The van der Waals surface area contributed by atoms with E-state index >= 15 is 0 Å². The lowest BCUT2D eigenvalue weighted by atomic mass is 10.0. The minimum absolute atomic E-state index is 0.0521. The van der Waals surface area contributed by atoms with Crippen molar-refractivity contribution >= 4 is 17.5 Å². The van der Waals surface area contributed by atoms with Crippen LogP contribution in [0.3, 0.4) is 0 Å². The Bertz CT molecular complexity index is 486. The molecule has 1 amide bonds. The summed E-state index contributed by atoms with van der Waals surface area (Å²) in [5.41, 5.74) is 1.10. The minimum atomic E-state index is -0.106. The van der Waals surface area contributed by atoms with Gasteiger partial charge in [0.1, 0.15) is 6.17 Å². The van der Waals surface area contributed by atoms with Crippen molar-refractivity contribution in [1.82, 2.24) is 10.2 Å². The number of halogens is 1. The van der Waals surface area contributed by atoms with E-state index in [0.717, 1.165) is 23.4 Å². The standard InChI is InChI=1S/C17H25ClN2O/c1-5-6-12(4)20-16(13-7-9-14(18)10-8-13)19-15(11(2)3)17(20)21/h7-12,15-16,19H,5-6H2,1-4H3. The Balaban J connectivity index is 2.31. The maximum Gasteiger partial charge on any atom is 0.241 e. The van der Waals surface area contributed by atoms with Gasteiger partial charge in [0, 0.05) is 11.1 Å². The van der Waals surface area contributed by atoms with Crippen molar-refractivity contribution in [1.29, 1.82) is 0 Å². The molecule has 0 bridgehead atoms. The van der Waals surface area contributed by atoms with Crippen LogP contribution in [-0.4, -0.2) is 22.9 Å². The average molecular weight is 309 g/mol. The van der Waals surface area contributed by atoms with Crippen molar-refractivity contribution in [3.8, 4) is 0 Å². The number of benzene rings is 1. The molecule has 0 aromatic heterocycles. The molecule has 1 aliphatic heterocycles. The van der Waals surface area contributed by atoms with Gasteiger partial charge in [-0.15, -0.1) is 0 Å². The quantitative estimate of drug-likeness (QED) is 0.892. The molecule has 0 spiro atoms. The van der Waals surface area contributed by atoms with Crippen molar-refractivity contribution in [2.24, 2.45) is 5.92 Å². The van der Waals surface area contributed by atoms with Gasteiger partial charge in [-0.2, -0.15) is 0 Å². The summed E-state index contributed by atoms with van der Waals surface area (Å²) in [5, 5.41) is 4.22. The molecule has 21 heavy (non-hydrogen) atoms. The van der Waals surface area contributed by atoms with Gasteiger partial charge in [-0.05, 0) is 37.0 Å². The molecule has 0 aliphatic carbocycles. The van der Waals surface area contributed by atoms with Crippen molar-refractivity contribution in [2.45, 2.75) is 58.8 Å². The van der Waals surface area contributed by atoms with E-state index in [9.17, 15) is 4.79 Å². The largest absolute Gasteiger partial charge is 0.319 e. The molecule has 1 heterocycles. The van der Waals surface area contributed by atoms with Crippen molar-refractivity contribution in [2.75, 3.05) is 0 Å². The molecule has 1 saturated heterocycles. The molecule has 3 nitrogen and oxygen atoms in total. The molecule has 1 aliphatic rings. The summed E-state index contributed by atoms with van der Waals surface area (Å²) in [6, 6.07) is 7.90. The van der Waals surface area contributed by atoms with Crippen LogP contribution in [0.2, 0.25) is 5.02 Å². The number of hydrogen-bond acceptors (Lipinski definition) is 2. The fraction of sp³-hybridized carbons (Fsp3) is 0.588. The Morgan fingerprint density at radius 3 is 2.38 bits per heavy atom. The molecule has 4 heteroatoms. The van der Waals surface area contributed by atoms with Gasteiger partial charge in [-0.1, -0.05) is 50.9 Å². The highest BCUT2D eigenvalue weighted by Crippen LogP contribution is 2.31. The molecule has 116 valence electrons. The third-order valence-corrected chi connectivity index (χ3v) is 4.42. The lowest BCUT2D eigenvalue weighted by molar-refractivity contribution is -0.132. The Morgan fingerprint density at radius 1 is 1.24 bits per heavy atom. The summed E-state index contributed by atoms with van der Waals surface area (Å²) in [5.74, 6) is 0.497. The van der Waals surface area contributed by atoms with E-state index in [0.29, 0.717) is 0 Å². The lowest BCUT2D eigenvalue weighted by Gasteiger charge is -2.30. The van der Waals surface area contributed by atoms with Gasteiger partial charge >= 0.3 is 0 Å². The average Bonchev–Trinajstić information content (AvgIpc) is 2.77. The molecule has 3 atom stereocenters. The molecule has 0 radical (unpaired) electrons. The van der Waals surface area contributed by atoms with Crippen LogP contribution in [0.4, 0.5) is 0 Å². The summed E-state index contributed by atoms with van der Waals surface area (Å²) in [4.78, 5) is 14.8. The first-order valence-corrected chi connectivity index (χ1v) is 8.17. The highest BCUT2D eigenvalue weighted by molar-refractivity contribution is 6.30. The van der Waals surface area contributed by atoms with E-state index in [2.05, 4.69) is 33.0 Å². The van der Waals surface area contributed by atoms with Crippen LogP contribution in [0, 0.1) is 5.92 Å². The van der Waals surface area contributed by atoms with Gasteiger partial charge in [0.2, 0.25) is 5.91 Å². The van der Waals surface area contributed by atoms with Gasteiger partial charge in [0.15, 0.2) is 0 Å². The number of nitrogens with one attached hydrogen (secondary N) is 1. The second kappa shape index (κ2) is 6.80. The summed E-state index contributed by atoms with van der Waals surface area (Å²) < 4.78 is 0. The Hall–Kier alpha value is -1.06. The van der Waals surface area contributed by atoms with Gasteiger partial charge in [-0.25, -0.2) is 0 Å². The van der Waals surface area contributed by atoms with E-state index in [4.69, 9.17) is 11.6 Å². The number of carbonyl (C=O) groups excluding carboxylic acids is 1. The molecule has 2 rings (SSSR count). The number of amides is 1.